The number of aryl methyl sites for hydroxylation is 1. The van der Waals surface area contributed by atoms with Gasteiger partial charge in [0.05, 0.1) is 11.7 Å². The number of fused-ring (bicyclic) bond motifs is 1. The zero-order chi connectivity index (χ0) is 13.2. The van der Waals surface area contributed by atoms with Crippen molar-refractivity contribution < 1.29 is 0 Å². The van der Waals surface area contributed by atoms with Crippen LogP contribution in [0.5, 0.6) is 0 Å². The molecule has 0 saturated carbocycles. The molecule has 3 rings (SSSR count). The SMILES string of the molecule is CN1CCC(n2c(CCCl)nc3cnccc32)CC1. The molecule has 1 aliphatic rings. The van der Waals surface area contributed by atoms with Crippen LogP contribution >= 0.6 is 11.6 Å². The van der Waals surface area contributed by atoms with Gasteiger partial charge in [-0.15, -0.1) is 11.6 Å². The molecule has 1 saturated heterocycles. The second kappa shape index (κ2) is 5.47. The van der Waals surface area contributed by atoms with Crippen LogP contribution in [0.15, 0.2) is 18.5 Å². The maximum absolute atomic E-state index is 5.92. The number of alkyl halides is 1. The number of likely N-dealkylation sites (tertiary alicyclic amines) is 1. The van der Waals surface area contributed by atoms with Gasteiger partial charge in [0.25, 0.3) is 0 Å². The lowest BCUT2D eigenvalue weighted by Crippen LogP contribution is -2.32. The Bertz CT molecular complexity index is 558. The van der Waals surface area contributed by atoms with Crippen LogP contribution in [0.25, 0.3) is 11.0 Å². The molecule has 2 aromatic rings. The van der Waals surface area contributed by atoms with Crippen LogP contribution in [0.4, 0.5) is 0 Å². The normalized spacial score (nSPS) is 18.2. The predicted molar refractivity (Wildman–Crippen MR) is 77.7 cm³/mol. The number of aromatic nitrogens is 3. The van der Waals surface area contributed by atoms with E-state index in [1.807, 2.05) is 12.4 Å². The van der Waals surface area contributed by atoms with Crippen LogP contribution in [0, 0.1) is 0 Å². The molecule has 0 atom stereocenters. The minimum Gasteiger partial charge on any atom is -0.325 e. The third-order valence-corrected chi connectivity index (χ3v) is 4.13. The molecule has 2 aromatic heterocycles. The largest absolute Gasteiger partial charge is 0.325 e. The zero-order valence-corrected chi connectivity index (χ0v) is 12.0. The number of halogens is 1. The summed E-state index contributed by atoms with van der Waals surface area (Å²) in [6, 6.07) is 2.61. The molecule has 1 aliphatic heterocycles. The minimum atomic E-state index is 0.543. The predicted octanol–water partition coefficient (Wildman–Crippen LogP) is 2.48. The Morgan fingerprint density at radius 3 is 2.89 bits per heavy atom. The first-order valence-corrected chi connectivity index (χ1v) is 7.38. The molecule has 3 heterocycles. The number of hydrogen-bond acceptors (Lipinski definition) is 3. The standard InChI is InChI=1S/C14H19ClN4/c1-18-8-4-11(5-9-18)19-13-3-7-16-10-12(13)17-14(19)2-6-15/h3,7,10-11H,2,4-6,8-9H2,1H3. The molecule has 0 spiro atoms. The Kier molecular flexibility index (Phi) is 3.71. The fourth-order valence-electron chi connectivity index (χ4n) is 2.92. The highest BCUT2D eigenvalue weighted by Crippen LogP contribution is 2.28. The molecule has 5 heteroatoms. The number of piperidine rings is 1. The summed E-state index contributed by atoms with van der Waals surface area (Å²) in [5.41, 5.74) is 2.19. The molecule has 0 aromatic carbocycles. The molecule has 0 N–H and O–H groups in total. The number of rotatable bonds is 3. The van der Waals surface area contributed by atoms with Crippen molar-refractivity contribution in [2.75, 3.05) is 26.0 Å². The zero-order valence-electron chi connectivity index (χ0n) is 11.2. The second-order valence-electron chi connectivity index (χ2n) is 5.24. The highest BCUT2D eigenvalue weighted by molar-refractivity contribution is 6.17. The highest BCUT2D eigenvalue weighted by atomic mass is 35.5. The fourth-order valence-corrected chi connectivity index (χ4v) is 3.09. The molecule has 0 aliphatic carbocycles. The monoisotopic (exact) mass is 278 g/mol. The lowest BCUT2D eigenvalue weighted by molar-refractivity contribution is 0.221. The van der Waals surface area contributed by atoms with Gasteiger partial charge in [0.2, 0.25) is 0 Å². The Morgan fingerprint density at radius 2 is 2.16 bits per heavy atom. The van der Waals surface area contributed by atoms with Gasteiger partial charge in [0.1, 0.15) is 11.3 Å². The van der Waals surface area contributed by atoms with E-state index in [4.69, 9.17) is 16.6 Å². The van der Waals surface area contributed by atoms with Crippen LogP contribution in [0.1, 0.15) is 24.7 Å². The summed E-state index contributed by atoms with van der Waals surface area (Å²) in [6.07, 6.45) is 6.88. The Hall–Kier alpha value is -1.13. The first kappa shape index (κ1) is 12.9. The summed E-state index contributed by atoms with van der Waals surface area (Å²) < 4.78 is 2.40. The summed E-state index contributed by atoms with van der Waals surface area (Å²) in [4.78, 5) is 11.3. The molecule has 4 nitrogen and oxygen atoms in total. The van der Waals surface area contributed by atoms with Crippen molar-refractivity contribution in [2.45, 2.75) is 25.3 Å². The van der Waals surface area contributed by atoms with Crippen molar-refractivity contribution >= 4 is 22.6 Å². The van der Waals surface area contributed by atoms with Crippen LogP contribution in [0.3, 0.4) is 0 Å². The van der Waals surface area contributed by atoms with Crippen molar-refractivity contribution in [2.24, 2.45) is 0 Å². The van der Waals surface area contributed by atoms with Gasteiger partial charge in [-0.3, -0.25) is 4.98 Å². The Labute approximate surface area is 118 Å². The summed E-state index contributed by atoms with van der Waals surface area (Å²) in [5.74, 6) is 1.72. The summed E-state index contributed by atoms with van der Waals surface area (Å²) >= 11 is 5.92. The first-order valence-electron chi connectivity index (χ1n) is 6.85. The van der Waals surface area contributed by atoms with Gasteiger partial charge >= 0.3 is 0 Å². The number of pyridine rings is 1. The van der Waals surface area contributed by atoms with Crippen LogP contribution in [0.2, 0.25) is 0 Å². The maximum Gasteiger partial charge on any atom is 0.111 e. The molecule has 1 fully saturated rings. The third-order valence-electron chi connectivity index (χ3n) is 3.94. The highest BCUT2D eigenvalue weighted by Gasteiger charge is 2.22. The van der Waals surface area contributed by atoms with Crippen molar-refractivity contribution in [3.8, 4) is 0 Å². The molecule has 0 radical (unpaired) electrons. The number of hydrogen-bond donors (Lipinski definition) is 0. The van der Waals surface area contributed by atoms with E-state index in [0.29, 0.717) is 11.9 Å². The van der Waals surface area contributed by atoms with E-state index in [-0.39, 0.29) is 0 Å². The van der Waals surface area contributed by atoms with Gasteiger partial charge in [-0.2, -0.15) is 0 Å². The van der Waals surface area contributed by atoms with E-state index in [1.54, 1.807) is 0 Å². The van der Waals surface area contributed by atoms with Gasteiger partial charge in [-0.25, -0.2) is 4.98 Å². The van der Waals surface area contributed by atoms with Crippen LogP contribution in [-0.4, -0.2) is 45.5 Å². The molecule has 19 heavy (non-hydrogen) atoms. The summed E-state index contributed by atoms with van der Waals surface area (Å²) in [5, 5.41) is 0. The lowest BCUT2D eigenvalue weighted by atomic mass is 10.0. The fraction of sp³-hybridized carbons (Fsp3) is 0.571. The van der Waals surface area contributed by atoms with Gasteiger partial charge in [-0.05, 0) is 39.0 Å². The van der Waals surface area contributed by atoms with E-state index in [1.165, 1.54) is 18.4 Å². The van der Waals surface area contributed by atoms with Gasteiger partial charge < -0.3 is 9.47 Å². The van der Waals surface area contributed by atoms with Crippen LogP contribution < -0.4 is 0 Å². The van der Waals surface area contributed by atoms with E-state index in [2.05, 4.69) is 27.6 Å². The molecule has 0 bridgehead atoms. The van der Waals surface area contributed by atoms with Crippen molar-refractivity contribution in [3.05, 3.63) is 24.3 Å². The average Bonchev–Trinajstić information content (AvgIpc) is 2.78. The number of nitrogens with zero attached hydrogens (tertiary/aromatic N) is 4. The van der Waals surface area contributed by atoms with E-state index >= 15 is 0 Å². The molecule has 0 unspecified atom stereocenters. The lowest BCUT2D eigenvalue weighted by Gasteiger charge is -2.31. The minimum absolute atomic E-state index is 0.543. The third kappa shape index (κ3) is 2.47. The van der Waals surface area contributed by atoms with Crippen LogP contribution in [-0.2, 0) is 6.42 Å². The van der Waals surface area contributed by atoms with Gasteiger partial charge in [0, 0.05) is 24.5 Å². The maximum atomic E-state index is 5.92. The van der Waals surface area contributed by atoms with Gasteiger partial charge in [0.15, 0.2) is 0 Å². The second-order valence-corrected chi connectivity index (χ2v) is 5.61. The molecule has 102 valence electrons. The summed E-state index contributed by atoms with van der Waals surface area (Å²) in [6.45, 7) is 2.30. The van der Waals surface area contributed by atoms with E-state index in [9.17, 15) is 0 Å². The summed E-state index contributed by atoms with van der Waals surface area (Å²) in [7, 11) is 2.19. The average molecular weight is 279 g/mol. The smallest absolute Gasteiger partial charge is 0.111 e. The molecular weight excluding hydrogens is 260 g/mol. The van der Waals surface area contributed by atoms with Crippen molar-refractivity contribution in [1.29, 1.82) is 0 Å². The Balaban J connectivity index is 2.02. The number of imidazole rings is 1. The Morgan fingerprint density at radius 1 is 1.37 bits per heavy atom. The quantitative estimate of drug-likeness (QED) is 0.809. The van der Waals surface area contributed by atoms with E-state index < -0.39 is 0 Å². The topological polar surface area (TPSA) is 34.0 Å². The van der Waals surface area contributed by atoms with Crippen molar-refractivity contribution in [1.82, 2.24) is 19.4 Å². The molecule has 0 amide bonds. The van der Waals surface area contributed by atoms with E-state index in [0.717, 1.165) is 30.9 Å². The molecular formula is C14H19ClN4. The van der Waals surface area contributed by atoms with Crippen molar-refractivity contribution in [3.63, 3.8) is 0 Å². The first-order chi connectivity index (χ1) is 9.29. The van der Waals surface area contributed by atoms with Gasteiger partial charge in [-0.1, -0.05) is 0 Å².